The molecule has 2 N–H and O–H groups in total. The number of aliphatic hydroxyl groups is 1. The number of rotatable bonds is 6. The van der Waals surface area contributed by atoms with Gasteiger partial charge in [-0.2, -0.15) is 0 Å². The summed E-state index contributed by atoms with van der Waals surface area (Å²) in [5.74, 6) is 1.45. The summed E-state index contributed by atoms with van der Waals surface area (Å²) in [6.07, 6.45) is 5.81. The standard InChI is InChI=1S/C16H25NO3S/c1-13-6-8-14(9-7-13)10-11-17-21(19,20)16-5-3-2-4-15(16)12-18/h2-5,13-14,17-18H,6-12H2,1H3. The Morgan fingerprint density at radius 2 is 1.86 bits per heavy atom. The van der Waals surface area contributed by atoms with Crippen molar-refractivity contribution in [2.75, 3.05) is 6.54 Å². The molecule has 1 aliphatic carbocycles. The van der Waals surface area contributed by atoms with Gasteiger partial charge in [-0.25, -0.2) is 13.1 Å². The summed E-state index contributed by atoms with van der Waals surface area (Å²) in [5, 5.41) is 9.24. The van der Waals surface area contributed by atoms with E-state index in [0.29, 0.717) is 18.0 Å². The highest BCUT2D eigenvalue weighted by Gasteiger charge is 2.20. The van der Waals surface area contributed by atoms with Crippen LogP contribution < -0.4 is 4.72 Å². The number of nitrogens with one attached hydrogen (secondary N) is 1. The third kappa shape index (κ3) is 4.53. The lowest BCUT2D eigenvalue weighted by atomic mass is 9.81. The lowest BCUT2D eigenvalue weighted by Crippen LogP contribution is -2.28. The zero-order chi connectivity index (χ0) is 15.3. The van der Waals surface area contributed by atoms with Crippen LogP contribution in [0.5, 0.6) is 0 Å². The average molecular weight is 311 g/mol. The van der Waals surface area contributed by atoms with E-state index in [0.717, 1.165) is 12.3 Å². The first-order chi connectivity index (χ1) is 10.0. The maximum absolute atomic E-state index is 12.3. The molecule has 4 nitrogen and oxygen atoms in total. The molecule has 21 heavy (non-hydrogen) atoms. The minimum Gasteiger partial charge on any atom is -0.392 e. The fraction of sp³-hybridized carbons (Fsp3) is 0.625. The number of hydrogen-bond acceptors (Lipinski definition) is 3. The summed E-state index contributed by atoms with van der Waals surface area (Å²) in [6, 6.07) is 6.58. The molecule has 1 aliphatic rings. The number of sulfonamides is 1. The normalized spacial score (nSPS) is 23.1. The van der Waals surface area contributed by atoms with E-state index >= 15 is 0 Å². The number of benzene rings is 1. The fourth-order valence-electron chi connectivity index (χ4n) is 2.99. The second-order valence-corrected chi connectivity index (χ2v) is 7.81. The molecule has 0 atom stereocenters. The Balaban J connectivity index is 1.89. The Kier molecular flexibility index (Phi) is 5.79. The molecule has 0 radical (unpaired) electrons. The van der Waals surface area contributed by atoms with Crippen LogP contribution in [0.1, 0.15) is 44.6 Å². The highest BCUT2D eigenvalue weighted by molar-refractivity contribution is 7.89. The van der Waals surface area contributed by atoms with Crippen LogP contribution in [0.3, 0.4) is 0 Å². The molecular formula is C16H25NO3S. The van der Waals surface area contributed by atoms with Crippen molar-refractivity contribution in [3.05, 3.63) is 29.8 Å². The minimum absolute atomic E-state index is 0.185. The van der Waals surface area contributed by atoms with Crippen molar-refractivity contribution in [2.24, 2.45) is 11.8 Å². The molecule has 5 heteroatoms. The number of hydrogen-bond donors (Lipinski definition) is 2. The summed E-state index contributed by atoms with van der Waals surface area (Å²) in [7, 11) is -3.52. The second-order valence-electron chi connectivity index (χ2n) is 6.08. The average Bonchev–Trinajstić information content (AvgIpc) is 2.49. The van der Waals surface area contributed by atoms with E-state index in [2.05, 4.69) is 11.6 Å². The van der Waals surface area contributed by atoms with Crippen molar-refractivity contribution in [1.29, 1.82) is 0 Å². The molecule has 2 rings (SSSR count). The molecule has 0 unspecified atom stereocenters. The molecule has 118 valence electrons. The smallest absolute Gasteiger partial charge is 0.240 e. The van der Waals surface area contributed by atoms with Gasteiger partial charge in [-0.3, -0.25) is 0 Å². The zero-order valence-corrected chi connectivity index (χ0v) is 13.4. The third-order valence-electron chi connectivity index (χ3n) is 4.41. The van der Waals surface area contributed by atoms with E-state index in [1.54, 1.807) is 18.2 Å². The molecule has 0 spiro atoms. The summed E-state index contributed by atoms with van der Waals surface area (Å²) in [5.41, 5.74) is 0.441. The predicted octanol–water partition coefficient (Wildman–Crippen LogP) is 2.67. The van der Waals surface area contributed by atoms with Crippen molar-refractivity contribution < 1.29 is 13.5 Å². The summed E-state index contributed by atoms with van der Waals surface area (Å²) in [4.78, 5) is 0.185. The van der Waals surface area contributed by atoms with Crippen LogP contribution in [0.15, 0.2) is 29.2 Å². The van der Waals surface area contributed by atoms with Gasteiger partial charge in [-0.1, -0.05) is 50.8 Å². The Morgan fingerprint density at radius 3 is 2.52 bits per heavy atom. The van der Waals surface area contributed by atoms with Crippen molar-refractivity contribution in [2.45, 2.75) is 50.5 Å². The van der Waals surface area contributed by atoms with Gasteiger partial charge in [-0.05, 0) is 29.9 Å². The zero-order valence-electron chi connectivity index (χ0n) is 12.6. The van der Waals surface area contributed by atoms with Crippen LogP contribution >= 0.6 is 0 Å². The van der Waals surface area contributed by atoms with Gasteiger partial charge in [-0.15, -0.1) is 0 Å². The maximum Gasteiger partial charge on any atom is 0.240 e. The molecule has 0 bridgehead atoms. The molecule has 1 saturated carbocycles. The Labute approximate surface area is 127 Å². The van der Waals surface area contributed by atoms with Crippen LogP contribution in [0, 0.1) is 11.8 Å². The Bertz CT molecular complexity index is 548. The van der Waals surface area contributed by atoms with E-state index in [-0.39, 0.29) is 11.5 Å². The maximum atomic E-state index is 12.3. The van der Waals surface area contributed by atoms with Crippen molar-refractivity contribution in [3.8, 4) is 0 Å². The minimum atomic E-state index is -3.52. The van der Waals surface area contributed by atoms with Gasteiger partial charge < -0.3 is 5.11 Å². The van der Waals surface area contributed by atoms with E-state index < -0.39 is 10.0 Å². The first kappa shape index (κ1) is 16.5. The van der Waals surface area contributed by atoms with Crippen molar-refractivity contribution in [1.82, 2.24) is 4.72 Å². The third-order valence-corrected chi connectivity index (χ3v) is 5.97. The molecule has 1 aromatic rings. The quantitative estimate of drug-likeness (QED) is 0.849. The van der Waals surface area contributed by atoms with Crippen LogP contribution in [0.25, 0.3) is 0 Å². The SMILES string of the molecule is CC1CCC(CCNS(=O)(=O)c2ccccc2CO)CC1. The number of aliphatic hydroxyl groups excluding tert-OH is 1. The van der Waals surface area contributed by atoms with Gasteiger partial charge in [0.1, 0.15) is 0 Å². The topological polar surface area (TPSA) is 66.4 Å². The van der Waals surface area contributed by atoms with Gasteiger partial charge in [0.2, 0.25) is 10.0 Å². The molecule has 0 aromatic heterocycles. The van der Waals surface area contributed by atoms with E-state index in [4.69, 9.17) is 0 Å². The van der Waals surface area contributed by atoms with Gasteiger partial charge in [0.05, 0.1) is 11.5 Å². The molecule has 1 fully saturated rings. The second kappa shape index (κ2) is 7.38. The molecule has 0 amide bonds. The first-order valence-corrected chi connectivity index (χ1v) is 9.19. The van der Waals surface area contributed by atoms with Crippen LogP contribution in [0.4, 0.5) is 0 Å². The molecule has 0 aliphatic heterocycles. The Morgan fingerprint density at radius 1 is 1.19 bits per heavy atom. The molecule has 0 heterocycles. The van der Waals surface area contributed by atoms with Crippen LogP contribution in [-0.4, -0.2) is 20.1 Å². The summed E-state index contributed by atoms with van der Waals surface area (Å²) in [6.45, 7) is 2.49. The molecule has 1 aromatic carbocycles. The van der Waals surface area contributed by atoms with Gasteiger partial charge in [0.15, 0.2) is 0 Å². The predicted molar refractivity (Wildman–Crippen MR) is 83.3 cm³/mol. The monoisotopic (exact) mass is 311 g/mol. The lowest BCUT2D eigenvalue weighted by Gasteiger charge is -2.26. The first-order valence-electron chi connectivity index (χ1n) is 7.71. The van der Waals surface area contributed by atoms with Crippen LogP contribution in [-0.2, 0) is 16.6 Å². The molecule has 0 saturated heterocycles. The Hall–Kier alpha value is -0.910. The van der Waals surface area contributed by atoms with E-state index in [1.165, 1.54) is 31.7 Å². The highest BCUT2D eigenvalue weighted by atomic mass is 32.2. The largest absolute Gasteiger partial charge is 0.392 e. The lowest BCUT2D eigenvalue weighted by molar-refractivity contribution is 0.277. The highest BCUT2D eigenvalue weighted by Crippen LogP contribution is 2.30. The van der Waals surface area contributed by atoms with Crippen molar-refractivity contribution >= 4 is 10.0 Å². The molecular weight excluding hydrogens is 286 g/mol. The van der Waals surface area contributed by atoms with Gasteiger partial charge >= 0.3 is 0 Å². The van der Waals surface area contributed by atoms with Gasteiger partial charge in [0.25, 0.3) is 0 Å². The van der Waals surface area contributed by atoms with Crippen LogP contribution in [0.2, 0.25) is 0 Å². The van der Waals surface area contributed by atoms with Crippen molar-refractivity contribution in [3.63, 3.8) is 0 Å². The fourth-order valence-corrected chi connectivity index (χ4v) is 4.27. The van der Waals surface area contributed by atoms with E-state index in [1.807, 2.05) is 0 Å². The summed E-state index contributed by atoms with van der Waals surface area (Å²) >= 11 is 0. The summed E-state index contributed by atoms with van der Waals surface area (Å²) < 4.78 is 27.2. The van der Waals surface area contributed by atoms with Gasteiger partial charge in [0, 0.05) is 6.54 Å². The van der Waals surface area contributed by atoms with E-state index in [9.17, 15) is 13.5 Å².